The smallest absolute Gasteiger partial charge is 0.0580 e. The SMILES string of the molecule is CCC(C)CC(CC)NCC1CCCC1O. The third kappa shape index (κ3) is 4.42. The first-order valence-electron chi connectivity index (χ1n) is 7.08. The summed E-state index contributed by atoms with van der Waals surface area (Å²) >= 11 is 0. The van der Waals surface area contributed by atoms with E-state index in [4.69, 9.17) is 0 Å². The molecule has 1 fully saturated rings. The Morgan fingerprint density at radius 2 is 2.00 bits per heavy atom. The number of aliphatic hydroxyl groups is 1. The predicted octanol–water partition coefficient (Wildman–Crippen LogP) is 2.95. The van der Waals surface area contributed by atoms with Crippen LogP contribution in [0.4, 0.5) is 0 Å². The van der Waals surface area contributed by atoms with Crippen LogP contribution >= 0.6 is 0 Å². The van der Waals surface area contributed by atoms with Crippen LogP contribution in [0.3, 0.4) is 0 Å². The molecule has 4 unspecified atom stereocenters. The van der Waals surface area contributed by atoms with Gasteiger partial charge in [-0.2, -0.15) is 0 Å². The van der Waals surface area contributed by atoms with E-state index >= 15 is 0 Å². The summed E-state index contributed by atoms with van der Waals surface area (Å²) in [7, 11) is 0. The molecule has 16 heavy (non-hydrogen) atoms. The van der Waals surface area contributed by atoms with Crippen LogP contribution in [0.5, 0.6) is 0 Å². The van der Waals surface area contributed by atoms with Crippen LogP contribution in [0.25, 0.3) is 0 Å². The Kier molecular flexibility index (Phi) is 6.37. The summed E-state index contributed by atoms with van der Waals surface area (Å²) in [6.45, 7) is 7.86. The van der Waals surface area contributed by atoms with Gasteiger partial charge in [0.1, 0.15) is 0 Å². The Morgan fingerprint density at radius 1 is 1.25 bits per heavy atom. The second kappa shape index (κ2) is 7.29. The number of hydrogen-bond donors (Lipinski definition) is 2. The van der Waals surface area contributed by atoms with Crippen LogP contribution in [0.2, 0.25) is 0 Å². The van der Waals surface area contributed by atoms with Gasteiger partial charge in [-0.25, -0.2) is 0 Å². The van der Waals surface area contributed by atoms with Gasteiger partial charge in [0.05, 0.1) is 6.10 Å². The molecule has 4 atom stereocenters. The highest BCUT2D eigenvalue weighted by Gasteiger charge is 2.25. The van der Waals surface area contributed by atoms with E-state index in [0.29, 0.717) is 12.0 Å². The lowest BCUT2D eigenvalue weighted by atomic mass is 9.97. The minimum absolute atomic E-state index is 0.0476. The molecule has 0 aromatic heterocycles. The average Bonchev–Trinajstić information content (AvgIpc) is 2.69. The van der Waals surface area contributed by atoms with Gasteiger partial charge >= 0.3 is 0 Å². The van der Waals surface area contributed by atoms with Crippen molar-refractivity contribution < 1.29 is 5.11 Å². The zero-order chi connectivity index (χ0) is 12.0. The lowest BCUT2D eigenvalue weighted by molar-refractivity contribution is 0.129. The van der Waals surface area contributed by atoms with Gasteiger partial charge in [-0.05, 0) is 37.5 Å². The van der Waals surface area contributed by atoms with Crippen molar-refractivity contribution >= 4 is 0 Å². The van der Waals surface area contributed by atoms with Crippen molar-refractivity contribution in [2.45, 2.75) is 71.4 Å². The fourth-order valence-corrected chi connectivity index (χ4v) is 2.62. The maximum atomic E-state index is 9.76. The van der Waals surface area contributed by atoms with E-state index in [9.17, 15) is 5.11 Å². The summed E-state index contributed by atoms with van der Waals surface area (Å²) in [4.78, 5) is 0. The van der Waals surface area contributed by atoms with E-state index in [2.05, 4.69) is 26.1 Å². The maximum Gasteiger partial charge on any atom is 0.0580 e. The molecule has 1 saturated carbocycles. The van der Waals surface area contributed by atoms with Crippen LogP contribution in [-0.2, 0) is 0 Å². The Labute approximate surface area is 101 Å². The first-order chi connectivity index (χ1) is 7.67. The van der Waals surface area contributed by atoms with Crippen molar-refractivity contribution in [3.05, 3.63) is 0 Å². The largest absolute Gasteiger partial charge is 0.393 e. The lowest BCUT2D eigenvalue weighted by Gasteiger charge is -2.23. The lowest BCUT2D eigenvalue weighted by Crippen LogP contribution is -2.36. The molecule has 0 heterocycles. The first kappa shape index (κ1) is 14.0. The second-order valence-electron chi connectivity index (χ2n) is 5.52. The maximum absolute atomic E-state index is 9.76. The zero-order valence-electron chi connectivity index (χ0n) is 11.2. The molecule has 2 nitrogen and oxygen atoms in total. The summed E-state index contributed by atoms with van der Waals surface area (Å²) in [6, 6.07) is 0.641. The number of hydrogen-bond acceptors (Lipinski definition) is 2. The summed E-state index contributed by atoms with van der Waals surface area (Å²) < 4.78 is 0. The topological polar surface area (TPSA) is 32.3 Å². The summed E-state index contributed by atoms with van der Waals surface area (Å²) in [5.74, 6) is 1.32. The highest BCUT2D eigenvalue weighted by atomic mass is 16.3. The minimum atomic E-state index is -0.0476. The zero-order valence-corrected chi connectivity index (χ0v) is 11.2. The molecular weight excluding hydrogens is 198 g/mol. The third-order valence-corrected chi connectivity index (χ3v) is 4.16. The molecule has 0 aromatic carbocycles. The van der Waals surface area contributed by atoms with Gasteiger partial charge in [-0.3, -0.25) is 0 Å². The Balaban J connectivity index is 2.22. The van der Waals surface area contributed by atoms with Crippen LogP contribution in [0, 0.1) is 11.8 Å². The standard InChI is InChI=1S/C14H29NO/c1-4-11(3)9-13(5-2)15-10-12-7-6-8-14(12)16/h11-16H,4-10H2,1-3H3. The summed E-state index contributed by atoms with van der Waals surface area (Å²) in [6.07, 6.45) is 7.11. The fraction of sp³-hybridized carbons (Fsp3) is 1.00. The van der Waals surface area contributed by atoms with Gasteiger partial charge in [0.25, 0.3) is 0 Å². The van der Waals surface area contributed by atoms with Crippen LogP contribution in [0.15, 0.2) is 0 Å². The molecule has 0 saturated heterocycles. The predicted molar refractivity (Wildman–Crippen MR) is 69.5 cm³/mol. The molecule has 1 aliphatic rings. The van der Waals surface area contributed by atoms with Crippen molar-refractivity contribution in [2.24, 2.45) is 11.8 Å². The molecule has 0 spiro atoms. The molecule has 1 rings (SSSR count). The molecule has 0 amide bonds. The number of rotatable bonds is 7. The van der Waals surface area contributed by atoms with Gasteiger partial charge in [0.15, 0.2) is 0 Å². The Morgan fingerprint density at radius 3 is 2.50 bits per heavy atom. The van der Waals surface area contributed by atoms with E-state index < -0.39 is 0 Å². The third-order valence-electron chi connectivity index (χ3n) is 4.16. The monoisotopic (exact) mass is 227 g/mol. The van der Waals surface area contributed by atoms with Crippen LogP contribution in [-0.4, -0.2) is 23.8 Å². The van der Waals surface area contributed by atoms with Gasteiger partial charge in [0, 0.05) is 12.6 Å². The van der Waals surface area contributed by atoms with Gasteiger partial charge < -0.3 is 10.4 Å². The van der Waals surface area contributed by atoms with Gasteiger partial charge in [-0.15, -0.1) is 0 Å². The Hall–Kier alpha value is -0.0800. The molecule has 2 N–H and O–H groups in total. The highest BCUT2D eigenvalue weighted by Crippen LogP contribution is 2.25. The van der Waals surface area contributed by atoms with E-state index in [-0.39, 0.29) is 6.10 Å². The fourth-order valence-electron chi connectivity index (χ4n) is 2.62. The molecular formula is C14H29NO. The molecule has 0 bridgehead atoms. The molecule has 96 valence electrons. The van der Waals surface area contributed by atoms with E-state index in [1.807, 2.05) is 0 Å². The summed E-state index contributed by atoms with van der Waals surface area (Å²) in [5, 5.41) is 13.4. The molecule has 0 aliphatic heterocycles. The molecule has 0 radical (unpaired) electrons. The normalized spacial score (nSPS) is 29.2. The molecule has 1 aliphatic carbocycles. The minimum Gasteiger partial charge on any atom is -0.393 e. The van der Waals surface area contributed by atoms with E-state index in [1.54, 1.807) is 0 Å². The van der Waals surface area contributed by atoms with Gasteiger partial charge in [0.2, 0.25) is 0 Å². The molecule has 0 aromatic rings. The quantitative estimate of drug-likeness (QED) is 0.701. The van der Waals surface area contributed by atoms with Crippen LogP contribution in [0.1, 0.15) is 59.3 Å². The second-order valence-corrected chi connectivity index (χ2v) is 5.52. The van der Waals surface area contributed by atoms with Crippen LogP contribution < -0.4 is 5.32 Å². The Bertz CT molecular complexity index is 184. The highest BCUT2D eigenvalue weighted by molar-refractivity contribution is 4.80. The molecule has 2 heteroatoms. The van der Waals surface area contributed by atoms with Crippen molar-refractivity contribution in [3.8, 4) is 0 Å². The number of aliphatic hydroxyl groups excluding tert-OH is 1. The van der Waals surface area contributed by atoms with Gasteiger partial charge in [-0.1, -0.05) is 33.6 Å². The van der Waals surface area contributed by atoms with E-state index in [1.165, 1.54) is 32.1 Å². The average molecular weight is 227 g/mol. The van der Waals surface area contributed by atoms with Crippen molar-refractivity contribution in [2.75, 3.05) is 6.54 Å². The van der Waals surface area contributed by atoms with Crippen molar-refractivity contribution in [1.29, 1.82) is 0 Å². The van der Waals surface area contributed by atoms with E-state index in [0.717, 1.165) is 18.9 Å². The summed E-state index contributed by atoms with van der Waals surface area (Å²) in [5.41, 5.74) is 0. The first-order valence-corrected chi connectivity index (χ1v) is 7.08. The number of nitrogens with one attached hydrogen (secondary N) is 1. The van der Waals surface area contributed by atoms with Crippen molar-refractivity contribution in [3.63, 3.8) is 0 Å². The van der Waals surface area contributed by atoms with Crippen molar-refractivity contribution in [1.82, 2.24) is 5.32 Å².